The monoisotopic (exact) mass is 209 g/mol. The van der Waals surface area contributed by atoms with Gasteiger partial charge in [-0.15, -0.1) is 11.8 Å². The van der Waals surface area contributed by atoms with E-state index in [2.05, 4.69) is 33.8 Å². The lowest BCUT2D eigenvalue weighted by Crippen LogP contribution is -2.07. The minimum atomic E-state index is 0.364. The number of benzene rings is 1. The van der Waals surface area contributed by atoms with Gasteiger partial charge in [0.1, 0.15) is 0 Å². The average Bonchev–Trinajstić information content (AvgIpc) is 1.97. The van der Waals surface area contributed by atoms with Crippen LogP contribution in [-0.4, -0.2) is 5.75 Å². The van der Waals surface area contributed by atoms with Gasteiger partial charge in [-0.2, -0.15) is 0 Å². The first-order valence-corrected chi connectivity index (χ1v) is 5.85. The van der Waals surface area contributed by atoms with Gasteiger partial charge in [-0.1, -0.05) is 20.8 Å². The molecule has 0 aliphatic rings. The molecule has 1 rings (SSSR count). The third-order valence-corrected chi connectivity index (χ3v) is 3.32. The molecule has 0 aliphatic heterocycles. The molecular formula is C12H19NS. The molecule has 1 nitrogen and oxygen atoms in total. The Bertz CT molecular complexity index is 292. The smallest absolute Gasteiger partial charge is 0.0327 e. The Labute approximate surface area is 91.1 Å². The van der Waals surface area contributed by atoms with E-state index < -0.39 is 0 Å². The summed E-state index contributed by atoms with van der Waals surface area (Å²) in [6, 6.07) is 6.23. The molecule has 0 atom stereocenters. The molecule has 0 fully saturated rings. The van der Waals surface area contributed by atoms with Crippen LogP contribution in [0.5, 0.6) is 0 Å². The number of rotatable bonds is 2. The fourth-order valence-electron chi connectivity index (χ4n) is 1.16. The van der Waals surface area contributed by atoms with E-state index in [1.54, 1.807) is 0 Å². The van der Waals surface area contributed by atoms with E-state index in [4.69, 9.17) is 5.73 Å². The Kier molecular flexibility index (Phi) is 3.48. The molecule has 2 heteroatoms. The number of nitrogen functional groups attached to an aromatic ring is 1. The molecule has 0 aliphatic carbocycles. The van der Waals surface area contributed by atoms with E-state index in [-0.39, 0.29) is 0 Å². The fourth-order valence-corrected chi connectivity index (χ4v) is 2.25. The molecule has 0 unspecified atom stereocenters. The maximum atomic E-state index is 5.79. The van der Waals surface area contributed by atoms with E-state index >= 15 is 0 Å². The number of hydrogen-bond donors (Lipinski definition) is 1. The van der Waals surface area contributed by atoms with Gasteiger partial charge < -0.3 is 5.73 Å². The van der Waals surface area contributed by atoms with Gasteiger partial charge in [0.15, 0.2) is 0 Å². The highest BCUT2D eigenvalue weighted by atomic mass is 32.2. The van der Waals surface area contributed by atoms with Crippen molar-refractivity contribution in [3.8, 4) is 0 Å². The normalized spacial score (nSPS) is 11.7. The fraction of sp³-hybridized carbons (Fsp3) is 0.500. The highest BCUT2D eigenvalue weighted by Crippen LogP contribution is 2.28. The van der Waals surface area contributed by atoms with Crippen LogP contribution in [-0.2, 0) is 0 Å². The number of thioether (sulfide) groups is 1. The predicted octanol–water partition coefficient (Wildman–Crippen LogP) is 3.72. The lowest BCUT2D eigenvalue weighted by atomic mass is 10.0. The summed E-state index contributed by atoms with van der Waals surface area (Å²) in [4.78, 5) is 1.28. The van der Waals surface area contributed by atoms with Crippen molar-refractivity contribution in [2.75, 3.05) is 11.5 Å². The van der Waals surface area contributed by atoms with Crippen molar-refractivity contribution in [3.05, 3.63) is 23.8 Å². The van der Waals surface area contributed by atoms with Crippen molar-refractivity contribution in [1.82, 2.24) is 0 Å². The second-order valence-electron chi connectivity index (χ2n) is 4.93. The Morgan fingerprint density at radius 3 is 2.36 bits per heavy atom. The van der Waals surface area contributed by atoms with Crippen LogP contribution < -0.4 is 5.73 Å². The van der Waals surface area contributed by atoms with E-state index in [0.717, 1.165) is 11.4 Å². The molecule has 78 valence electrons. The van der Waals surface area contributed by atoms with Crippen molar-refractivity contribution < 1.29 is 0 Å². The molecule has 0 saturated carbocycles. The highest BCUT2D eigenvalue weighted by molar-refractivity contribution is 7.99. The van der Waals surface area contributed by atoms with Gasteiger partial charge >= 0.3 is 0 Å². The molecule has 0 aromatic heterocycles. The van der Waals surface area contributed by atoms with Gasteiger partial charge in [0, 0.05) is 16.3 Å². The van der Waals surface area contributed by atoms with Crippen LogP contribution in [0.25, 0.3) is 0 Å². The van der Waals surface area contributed by atoms with Crippen molar-refractivity contribution in [2.45, 2.75) is 32.6 Å². The van der Waals surface area contributed by atoms with Gasteiger partial charge in [-0.3, -0.25) is 0 Å². The zero-order chi connectivity index (χ0) is 10.8. The van der Waals surface area contributed by atoms with Crippen molar-refractivity contribution in [1.29, 1.82) is 0 Å². The van der Waals surface area contributed by atoms with Crippen LogP contribution in [0.4, 0.5) is 5.69 Å². The van der Waals surface area contributed by atoms with Crippen LogP contribution in [0, 0.1) is 12.3 Å². The predicted molar refractivity (Wildman–Crippen MR) is 65.8 cm³/mol. The summed E-state index contributed by atoms with van der Waals surface area (Å²) in [5.41, 5.74) is 8.25. The molecule has 0 spiro atoms. The second-order valence-corrected chi connectivity index (χ2v) is 5.98. The highest BCUT2D eigenvalue weighted by Gasteiger charge is 2.10. The first-order chi connectivity index (χ1) is 6.37. The SMILES string of the molecule is Cc1cc(N)cc(SCC(C)(C)C)c1. The van der Waals surface area contributed by atoms with E-state index in [0.29, 0.717) is 5.41 Å². The maximum Gasteiger partial charge on any atom is 0.0327 e. The van der Waals surface area contributed by atoms with Gasteiger partial charge in [-0.05, 0) is 36.1 Å². The van der Waals surface area contributed by atoms with Gasteiger partial charge in [0.05, 0.1) is 0 Å². The molecule has 0 amide bonds. The van der Waals surface area contributed by atoms with Crippen LogP contribution >= 0.6 is 11.8 Å². The summed E-state index contributed by atoms with van der Waals surface area (Å²) >= 11 is 1.88. The number of nitrogens with two attached hydrogens (primary N) is 1. The van der Waals surface area contributed by atoms with Crippen molar-refractivity contribution in [2.24, 2.45) is 5.41 Å². The minimum absolute atomic E-state index is 0.364. The minimum Gasteiger partial charge on any atom is -0.399 e. The molecule has 1 aromatic carbocycles. The van der Waals surface area contributed by atoms with E-state index in [1.807, 2.05) is 23.9 Å². The number of anilines is 1. The van der Waals surface area contributed by atoms with Crippen LogP contribution in [0.15, 0.2) is 23.1 Å². The van der Waals surface area contributed by atoms with Gasteiger partial charge in [0.2, 0.25) is 0 Å². The van der Waals surface area contributed by atoms with E-state index in [1.165, 1.54) is 10.5 Å². The Morgan fingerprint density at radius 1 is 1.21 bits per heavy atom. The van der Waals surface area contributed by atoms with Gasteiger partial charge in [-0.25, -0.2) is 0 Å². The molecule has 0 bridgehead atoms. The first kappa shape index (κ1) is 11.4. The lowest BCUT2D eigenvalue weighted by Gasteiger charge is -2.17. The Hall–Kier alpha value is -0.630. The summed E-state index contributed by atoms with van der Waals surface area (Å²) in [7, 11) is 0. The number of hydrogen-bond acceptors (Lipinski definition) is 2. The molecule has 0 saturated heterocycles. The average molecular weight is 209 g/mol. The van der Waals surface area contributed by atoms with Crippen LogP contribution in [0.2, 0.25) is 0 Å². The Morgan fingerprint density at radius 2 is 1.86 bits per heavy atom. The topological polar surface area (TPSA) is 26.0 Å². The summed E-state index contributed by atoms with van der Waals surface area (Å²) in [5, 5.41) is 0. The first-order valence-electron chi connectivity index (χ1n) is 4.87. The Balaban J connectivity index is 2.68. The molecule has 0 heterocycles. The summed E-state index contributed by atoms with van der Waals surface area (Å²) in [6.07, 6.45) is 0. The third kappa shape index (κ3) is 4.05. The standard InChI is InChI=1S/C12H19NS/c1-9-5-10(13)7-11(6-9)14-8-12(2,3)4/h5-7H,8,13H2,1-4H3. The summed E-state index contributed by atoms with van der Waals surface area (Å²) < 4.78 is 0. The zero-order valence-electron chi connectivity index (χ0n) is 9.42. The van der Waals surface area contributed by atoms with E-state index in [9.17, 15) is 0 Å². The second kappa shape index (κ2) is 4.26. The van der Waals surface area contributed by atoms with Crippen LogP contribution in [0.3, 0.4) is 0 Å². The van der Waals surface area contributed by atoms with Crippen molar-refractivity contribution in [3.63, 3.8) is 0 Å². The third-order valence-electron chi connectivity index (χ3n) is 1.75. The maximum absolute atomic E-state index is 5.79. The molecule has 14 heavy (non-hydrogen) atoms. The molecular weight excluding hydrogens is 190 g/mol. The van der Waals surface area contributed by atoms with Crippen molar-refractivity contribution >= 4 is 17.4 Å². The quantitative estimate of drug-likeness (QED) is 0.593. The number of aryl methyl sites for hydroxylation is 1. The zero-order valence-corrected chi connectivity index (χ0v) is 10.2. The molecule has 0 radical (unpaired) electrons. The summed E-state index contributed by atoms with van der Waals surface area (Å²) in [6.45, 7) is 8.83. The molecule has 2 N–H and O–H groups in total. The lowest BCUT2D eigenvalue weighted by molar-refractivity contribution is 0.481. The largest absolute Gasteiger partial charge is 0.399 e. The molecule has 1 aromatic rings. The summed E-state index contributed by atoms with van der Waals surface area (Å²) in [5.74, 6) is 1.12. The van der Waals surface area contributed by atoms with Crippen LogP contribution in [0.1, 0.15) is 26.3 Å². The van der Waals surface area contributed by atoms with Gasteiger partial charge in [0.25, 0.3) is 0 Å².